The Morgan fingerprint density at radius 2 is 1.94 bits per heavy atom. The molecule has 0 spiro atoms. The Morgan fingerprint density at radius 3 is 2.81 bits per heavy atom. The van der Waals surface area contributed by atoms with Gasteiger partial charge in [-0.1, -0.05) is 29.8 Å². The van der Waals surface area contributed by atoms with Gasteiger partial charge in [-0.15, -0.1) is 0 Å². The Bertz CT molecular complexity index is 643. The van der Waals surface area contributed by atoms with E-state index in [0.717, 1.165) is 27.2 Å². The maximum absolute atomic E-state index is 5.96. The zero-order valence-corrected chi connectivity index (χ0v) is 9.12. The number of rotatable bonds is 1. The van der Waals surface area contributed by atoms with Crippen LogP contribution in [0.25, 0.3) is 22.2 Å². The third kappa shape index (κ3) is 1.57. The molecular weight excluding hydrogens is 220 g/mol. The lowest BCUT2D eigenvalue weighted by Gasteiger charge is -2.01. The lowest BCUT2D eigenvalue weighted by Crippen LogP contribution is -1.78. The van der Waals surface area contributed by atoms with Crippen molar-refractivity contribution < 1.29 is 0 Å². The summed E-state index contributed by atoms with van der Waals surface area (Å²) in [6.07, 6.45) is 2.73. The van der Waals surface area contributed by atoms with Crippen LogP contribution in [0.5, 0.6) is 0 Å². The van der Waals surface area contributed by atoms with E-state index in [-0.39, 0.29) is 0 Å². The molecule has 1 aromatic heterocycles. The van der Waals surface area contributed by atoms with Crippen LogP contribution in [0, 0.1) is 6.33 Å². The molecule has 3 rings (SSSR count). The fraction of sp³-hybridized carbons (Fsp3) is 0. The van der Waals surface area contributed by atoms with Crippen molar-refractivity contribution in [1.82, 2.24) is 9.97 Å². The van der Waals surface area contributed by atoms with Crippen molar-refractivity contribution in [2.24, 2.45) is 0 Å². The Labute approximate surface area is 97.9 Å². The number of halogens is 1. The summed E-state index contributed by atoms with van der Waals surface area (Å²) in [5, 5.41) is 0.742. The van der Waals surface area contributed by atoms with E-state index in [4.69, 9.17) is 11.6 Å². The number of imidazole rings is 1. The predicted molar refractivity (Wildman–Crippen MR) is 65.4 cm³/mol. The highest BCUT2D eigenvalue weighted by Gasteiger charge is 2.01. The van der Waals surface area contributed by atoms with E-state index in [2.05, 4.69) is 16.3 Å². The second kappa shape index (κ2) is 3.65. The van der Waals surface area contributed by atoms with Crippen LogP contribution in [-0.2, 0) is 0 Å². The van der Waals surface area contributed by atoms with Gasteiger partial charge in [0, 0.05) is 5.02 Å². The van der Waals surface area contributed by atoms with Gasteiger partial charge in [0.1, 0.15) is 0 Å². The molecule has 1 heterocycles. The summed E-state index contributed by atoms with van der Waals surface area (Å²) in [6.45, 7) is 0. The number of fused-ring (bicyclic) bond motifs is 1. The van der Waals surface area contributed by atoms with Gasteiger partial charge in [0.15, 0.2) is 6.33 Å². The van der Waals surface area contributed by atoms with Gasteiger partial charge < -0.3 is 4.98 Å². The van der Waals surface area contributed by atoms with Crippen molar-refractivity contribution in [1.29, 1.82) is 0 Å². The number of aromatic amines is 1. The topological polar surface area (TPSA) is 28.7 Å². The quantitative estimate of drug-likeness (QED) is 0.675. The summed E-state index contributed by atoms with van der Waals surface area (Å²) in [7, 11) is 0. The van der Waals surface area contributed by atoms with Crippen molar-refractivity contribution in [3.05, 3.63) is 53.8 Å². The standard InChI is InChI=1S/C13H8ClN2/c14-11-3-1-2-9(6-11)10-4-5-12-13(7-10)16-8-15-12/h1-7H,(H,15,16). The van der Waals surface area contributed by atoms with E-state index in [0.29, 0.717) is 0 Å². The molecule has 16 heavy (non-hydrogen) atoms. The predicted octanol–water partition coefficient (Wildman–Crippen LogP) is 3.68. The highest BCUT2D eigenvalue weighted by atomic mass is 35.5. The monoisotopic (exact) mass is 227 g/mol. The Morgan fingerprint density at radius 1 is 1.06 bits per heavy atom. The first-order valence-electron chi connectivity index (χ1n) is 4.95. The highest BCUT2D eigenvalue weighted by molar-refractivity contribution is 6.30. The van der Waals surface area contributed by atoms with E-state index in [1.807, 2.05) is 42.5 Å². The number of hydrogen-bond acceptors (Lipinski definition) is 1. The molecule has 0 saturated carbocycles. The second-order valence-corrected chi connectivity index (χ2v) is 4.03. The van der Waals surface area contributed by atoms with Gasteiger partial charge in [0.25, 0.3) is 0 Å². The molecule has 0 aliphatic carbocycles. The molecule has 0 saturated heterocycles. The van der Waals surface area contributed by atoms with Gasteiger partial charge in [0.05, 0.1) is 11.0 Å². The first kappa shape index (κ1) is 9.43. The summed E-state index contributed by atoms with van der Waals surface area (Å²) in [4.78, 5) is 7.06. The molecule has 0 aliphatic heterocycles. The molecule has 1 radical (unpaired) electrons. The molecule has 0 atom stereocenters. The molecule has 3 aromatic rings. The maximum atomic E-state index is 5.96. The van der Waals surface area contributed by atoms with Crippen molar-refractivity contribution in [2.45, 2.75) is 0 Å². The summed E-state index contributed by atoms with van der Waals surface area (Å²) in [5.41, 5.74) is 4.11. The number of H-pyrrole nitrogens is 1. The normalized spacial score (nSPS) is 10.8. The summed E-state index contributed by atoms with van der Waals surface area (Å²) >= 11 is 5.96. The largest absolute Gasteiger partial charge is 0.335 e. The van der Waals surface area contributed by atoms with Crippen LogP contribution in [-0.4, -0.2) is 9.97 Å². The van der Waals surface area contributed by atoms with Gasteiger partial charge in [-0.05, 0) is 35.4 Å². The van der Waals surface area contributed by atoms with E-state index >= 15 is 0 Å². The molecule has 0 amide bonds. The van der Waals surface area contributed by atoms with Crippen LogP contribution in [0.1, 0.15) is 0 Å². The minimum Gasteiger partial charge on any atom is -0.335 e. The molecule has 0 bridgehead atoms. The van der Waals surface area contributed by atoms with Crippen LogP contribution in [0.4, 0.5) is 0 Å². The summed E-state index contributed by atoms with van der Waals surface area (Å²) in [6, 6.07) is 13.8. The minimum absolute atomic E-state index is 0.742. The number of hydrogen-bond donors (Lipinski definition) is 1. The molecule has 0 unspecified atom stereocenters. The molecule has 1 N–H and O–H groups in total. The molecule has 0 fully saturated rings. The van der Waals surface area contributed by atoms with Crippen LogP contribution >= 0.6 is 11.6 Å². The molecule has 0 aliphatic rings. The average molecular weight is 228 g/mol. The highest BCUT2D eigenvalue weighted by Crippen LogP contribution is 2.24. The second-order valence-electron chi connectivity index (χ2n) is 3.59. The number of nitrogens with one attached hydrogen (secondary N) is 1. The van der Waals surface area contributed by atoms with Crippen molar-refractivity contribution in [3.63, 3.8) is 0 Å². The number of aromatic nitrogens is 2. The fourth-order valence-corrected chi connectivity index (χ4v) is 1.92. The van der Waals surface area contributed by atoms with Crippen molar-refractivity contribution in [3.8, 4) is 11.1 Å². The summed E-state index contributed by atoms with van der Waals surface area (Å²) < 4.78 is 0. The Kier molecular flexibility index (Phi) is 2.15. The zero-order valence-electron chi connectivity index (χ0n) is 8.37. The molecule has 2 aromatic carbocycles. The number of benzene rings is 2. The van der Waals surface area contributed by atoms with E-state index in [1.165, 1.54) is 0 Å². The Balaban J connectivity index is 2.18. The average Bonchev–Trinajstić information content (AvgIpc) is 2.75. The molecule has 77 valence electrons. The Hall–Kier alpha value is -1.80. The third-order valence-corrected chi connectivity index (χ3v) is 2.76. The third-order valence-electron chi connectivity index (χ3n) is 2.52. The smallest absolute Gasteiger partial charge is 0.174 e. The van der Waals surface area contributed by atoms with E-state index < -0.39 is 0 Å². The minimum atomic E-state index is 0.742. The van der Waals surface area contributed by atoms with Gasteiger partial charge in [-0.3, -0.25) is 0 Å². The lowest BCUT2D eigenvalue weighted by molar-refractivity contribution is 1.32. The maximum Gasteiger partial charge on any atom is 0.174 e. The van der Waals surface area contributed by atoms with Crippen molar-refractivity contribution >= 4 is 22.6 Å². The van der Waals surface area contributed by atoms with Crippen LogP contribution in [0.15, 0.2) is 42.5 Å². The lowest BCUT2D eigenvalue weighted by atomic mass is 10.1. The van der Waals surface area contributed by atoms with E-state index in [1.54, 1.807) is 0 Å². The zero-order chi connectivity index (χ0) is 11.0. The molecule has 2 nitrogen and oxygen atoms in total. The van der Waals surface area contributed by atoms with Crippen LogP contribution < -0.4 is 0 Å². The summed E-state index contributed by atoms with van der Waals surface area (Å²) in [5.74, 6) is 0. The fourth-order valence-electron chi connectivity index (χ4n) is 1.73. The SMILES string of the molecule is Clc1cccc(-c2ccc3[nH][c]nc3c2)c1. The van der Waals surface area contributed by atoms with Gasteiger partial charge in [-0.25, -0.2) is 4.98 Å². The van der Waals surface area contributed by atoms with Gasteiger partial charge >= 0.3 is 0 Å². The van der Waals surface area contributed by atoms with Crippen LogP contribution in [0.2, 0.25) is 5.02 Å². The van der Waals surface area contributed by atoms with Crippen LogP contribution in [0.3, 0.4) is 0 Å². The first-order valence-corrected chi connectivity index (χ1v) is 5.32. The van der Waals surface area contributed by atoms with E-state index in [9.17, 15) is 0 Å². The first-order chi connectivity index (χ1) is 7.83. The van der Waals surface area contributed by atoms with Crippen molar-refractivity contribution in [2.75, 3.05) is 0 Å². The molecule has 3 heteroatoms. The van der Waals surface area contributed by atoms with Gasteiger partial charge in [0.2, 0.25) is 0 Å². The molecular formula is C13H8ClN2. The number of nitrogens with zero attached hydrogens (tertiary/aromatic N) is 1. The van der Waals surface area contributed by atoms with Gasteiger partial charge in [-0.2, -0.15) is 0 Å².